The summed E-state index contributed by atoms with van der Waals surface area (Å²) in [5.41, 5.74) is 0. The van der Waals surface area contributed by atoms with Crippen molar-refractivity contribution in [3.05, 3.63) is 0 Å². The zero-order valence-corrected chi connectivity index (χ0v) is 16.1. The van der Waals surface area contributed by atoms with E-state index in [0.717, 1.165) is 38.5 Å². The number of carbonyl (C=O) groups is 2. The minimum absolute atomic E-state index is 0. The molecule has 0 aliphatic carbocycles. The van der Waals surface area contributed by atoms with E-state index in [0.29, 0.717) is 13.2 Å². The first kappa shape index (κ1) is 23.2. The molecule has 0 aromatic heterocycles. The molecule has 0 spiro atoms. The van der Waals surface area contributed by atoms with E-state index in [-0.39, 0.29) is 54.3 Å². The van der Waals surface area contributed by atoms with Gasteiger partial charge in [0, 0.05) is 0 Å². The molecule has 0 amide bonds. The Balaban J connectivity index is 0. The Morgan fingerprint density at radius 3 is 1.38 bits per heavy atom. The molecule has 0 atom stereocenters. The number of unbranched alkanes of at least 4 members (excludes halogenated alkanes) is 6. The minimum Gasteiger partial charge on any atom is -0.466 e. The molecule has 0 aliphatic rings. The Kier molecular flexibility index (Phi) is 19.9. The zero-order valence-electron chi connectivity index (χ0n) is 14.1. The molecule has 0 saturated heterocycles. The first-order chi connectivity index (χ1) is 9.70. The van der Waals surface area contributed by atoms with Crippen LogP contribution in [-0.4, -0.2) is 25.2 Å². The topological polar surface area (TPSA) is 52.6 Å². The van der Waals surface area contributed by atoms with Crippen LogP contribution >= 0.6 is 0 Å². The summed E-state index contributed by atoms with van der Waals surface area (Å²) in [4.78, 5) is 22.7. The smallest absolute Gasteiger partial charge is 0.466 e. The predicted octanol–water partition coefficient (Wildman–Crippen LogP) is 1.02. The largest absolute Gasteiger partial charge is 1.00 e. The molecular formula is C16H30NaO4+. The van der Waals surface area contributed by atoms with Crippen molar-refractivity contribution in [2.24, 2.45) is 0 Å². The van der Waals surface area contributed by atoms with Crippen LogP contribution in [-0.2, 0) is 19.1 Å². The number of ether oxygens (including phenoxy) is 2. The number of esters is 2. The maximum Gasteiger partial charge on any atom is 1.00 e. The van der Waals surface area contributed by atoms with Gasteiger partial charge >= 0.3 is 41.5 Å². The molecule has 4 nitrogen and oxygen atoms in total. The van der Waals surface area contributed by atoms with Crippen molar-refractivity contribution in [3.63, 3.8) is 0 Å². The van der Waals surface area contributed by atoms with Gasteiger partial charge in [0.2, 0.25) is 0 Å². The fourth-order valence-corrected chi connectivity index (χ4v) is 1.78. The Hall–Kier alpha value is -0.0600. The normalized spacial score (nSPS) is 9.81. The Labute approximate surface area is 151 Å². The third kappa shape index (κ3) is 17.9. The Bertz CT molecular complexity index is 231. The molecule has 0 aromatic carbocycles. The third-order valence-electron chi connectivity index (χ3n) is 3.06. The quantitative estimate of drug-likeness (QED) is 0.289. The van der Waals surface area contributed by atoms with E-state index < -0.39 is 0 Å². The van der Waals surface area contributed by atoms with Crippen LogP contribution in [0.5, 0.6) is 0 Å². The van der Waals surface area contributed by atoms with Crippen LogP contribution < -0.4 is 29.6 Å². The summed E-state index contributed by atoms with van der Waals surface area (Å²) < 4.78 is 10.1. The molecule has 21 heavy (non-hydrogen) atoms. The molecule has 118 valence electrons. The van der Waals surface area contributed by atoms with Crippen molar-refractivity contribution < 1.29 is 48.6 Å². The van der Waals surface area contributed by atoms with E-state index in [1.807, 2.05) is 0 Å². The molecule has 0 heterocycles. The summed E-state index contributed by atoms with van der Waals surface area (Å²) in [5, 5.41) is 0. The zero-order chi connectivity index (χ0) is 15.1. The SMILES string of the molecule is CCCCCCOC(=O)CCC(=O)OCCCCCC.[Na+]. The molecule has 0 bridgehead atoms. The molecule has 0 fully saturated rings. The van der Waals surface area contributed by atoms with E-state index in [1.165, 1.54) is 12.8 Å². The first-order valence-corrected chi connectivity index (χ1v) is 8.02. The van der Waals surface area contributed by atoms with E-state index >= 15 is 0 Å². The van der Waals surface area contributed by atoms with Crippen LogP contribution in [0.1, 0.15) is 78.1 Å². The average molecular weight is 309 g/mol. The van der Waals surface area contributed by atoms with Gasteiger partial charge in [0.1, 0.15) is 0 Å². The van der Waals surface area contributed by atoms with Gasteiger partial charge in [-0.1, -0.05) is 52.4 Å². The standard InChI is InChI=1S/C16H30O4.Na/c1-3-5-7-9-13-19-15(17)11-12-16(18)20-14-10-8-6-4-2;/h3-14H2,1-2H3;/q;+1. The van der Waals surface area contributed by atoms with E-state index in [4.69, 9.17) is 9.47 Å². The number of hydrogen-bond acceptors (Lipinski definition) is 4. The summed E-state index contributed by atoms with van der Waals surface area (Å²) in [6.45, 7) is 5.20. The van der Waals surface area contributed by atoms with Gasteiger partial charge in [-0.3, -0.25) is 9.59 Å². The first-order valence-electron chi connectivity index (χ1n) is 8.02. The van der Waals surface area contributed by atoms with Gasteiger partial charge < -0.3 is 9.47 Å². The van der Waals surface area contributed by atoms with Crippen molar-refractivity contribution in [1.82, 2.24) is 0 Å². The summed E-state index contributed by atoms with van der Waals surface area (Å²) in [6, 6.07) is 0. The number of carbonyl (C=O) groups excluding carboxylic acids is 2. The monoisotopic (exact) mass is 309 g/mol. The predicted molar refractivity (Wildman–Crippen MR) is 79.4 cm³/mol. The van der Waals surface area contributed by atoms with Gasteiger partial charge in [-0.05, 0) is 12.8 Å². The molecule has 0 unspecified atom stereocenters. The molecule has 5 heteroatoms. The van der Waals surface area contributed by atoms with Crippen molar-refractivity contribution in [1.29, 1.82) is 0 Å². The van der Waals surface area contributed by atoms with Crippen molar-refractivity contribution in [3.8, 4) is 0 Å². The summed E-state index contributed by atoms with van der Waals surface area (Å²) >= 11 is 0. The number of hydrogen-bond donors (Lipinski definition) is 0. The second-order valence-corrected chi connectivity index (χ2v) is 5.06. The second kappa shape index (κ2) is 18.0. The molecule has 0 rings (SSSR count). The van der Waals surface area contributed by atoms with Crippen LogP contribution in [0.25, 0.3) is 0 Å². The van der Waals surface area contributed by atoms with Crippen LogP contribution in [0.2, 0.25) is 0 Å². The molecule has 0 radical (unpaired) electrons. The Morgan fingerprint density at radius 1 is 0.667 bits per heavy atom. The Morgan fingerprint density at radius 2 is 1.05 bits per heavy atom. The van der Waals surface area contributed by atoms with E-state index in [1.54, 1.807) is 0 Å². The fourth-order valence-electron chi connectivity index (χ4n) is 1.78. The molecule has 0 aromatic rings. The van der Waals surface area contributed by atoms with E-state index in [2.05, 4.69) is 13.8 Å². The van der Waals surface area contributed by atoms with Crippen molar-refractivity contribution in [2.75, 3.05) is 13.2 Å². The van der Waals surface area contributed by atoms with Gasteiger partial charge in [0.25, 0.3) is 0 Å². The van der Waals surface area contributed by atoms with Gasteiger partial charge in [0.05, 0.1) is 26.1 Å². The van der Waals surface area contributed by atoms with Crippen LogP contribution in [0.4, 0.5) is 0 Å². The average Bonchev–Trinajstić information content (AvgIpc) is 2.44. The van der Waals surface area contributed by atoms with Crippen molar-refractivity contribution in [2.45, 2.75) is 78.1 Å². The van der Waals surface area contributed by atoms with Gasteiger partial charge in [-0.2, -0.15) is 0 Å². The minimum atomic E-state index is -0.301. The number of rotatable bonds is 13. The molecule has 0 aliphatic heterocycles. The fraction of sp³-hybridized carbons (Fsp3) is 0.875. The van der Waals surface area contributed by atoms with Crippen LogP contribution in [0.3, 0.4) is 0 Å². The van der Waals surface area contributed by atoms with E-state index in [9.17, 15) is 9.59 Å². The molecule has 0 saturated carbocycles. The molecular weight excluding hydrogens is 279 g/mol. The van der Waals surface area contributed by atoms with Gasteiger partial charge in [-0.25, -0.2) is 0 Å². The maximum absolute atomic E-state index is 11.4. The van der Waals surface area contributed by atoms with Crippen molar-refractivity contribution >= 4 is 11.9 Å². The summed E-state index contributed by atoms with van der Waals surface area (Å²) in [5.74, 6) is -0.603. The maximum atomic E-state index is 11.4. The molecule has 0 N–H and O–H groups in total. The summed E-state index contributed by atoms with van der Waals surface area (Å²) in [6.07, 6.45) is 8.90. The van der Waals surface area contributed by atoms with Crippen LogP contribution in [0, 0.1) is 0 Å². The van der Waals surface area contributed by atoms with Crippen LogP contribution in [0.15, 0.2) is 0 Å². The summed E-state index contributed by atoms with van der Waals surface area (Å²) in [7, 11) is 0. The third-order valence-corrected chi connectivity index (χ3v) is 3.06. The van der Waals surface area contributed by atoms with Gasteiger partial charge in [0.15, 0.2) is 0 Å². The van der Waals surface area contributed by atoms with Gasteiger partial charge in [-0.15, -0.1) is 0 Å². The second-order valence-electron chi connectivity index (χ2n) is 5.06.